The van der Waals surface area contributed by atoms with Gasteiger partial charge in [0.2, 0.25) is 0 Å². The summed E-state index contributed by atoms with van der Waals surface area (Å²) in [6, 6.07) is 0.831. The maximum absolute atomic E-state index is 3.95. The zero-order valence-corrected chi connectivity index (χ0v) is 9.84. The van der Waals surface area contributed by atoms with E-state index in [0.29, 0.717) is 0 Å². The Kier molecular flexibility index (Phi) is 3.78. The lowest BCUT2D eigenvalue weighted by Gasteiger charge is -2.47. The van der Waals surface area contributed by atoms with E-state index in [0.717, 1.165) is 12.5 Å². The van der Waals surface area contributed by atoms with Crippen LogP contribution in [0.5, 0.6) is 0 Å². The summed E-state index contributed by atoms with van der Waals surface area (Å²) in [5.41, 5.74) is 1.31. The standard InChI is InChI=1S/C12H23N3/c1-11(2)3-6-14-9-12(10-14)15-7-4-13-5-8-15/h12-13H,1,3-10H2,2H3. The maximum Gasteiger partial charge on any atom is 0.0351 e. The van der Waals surface area contributed by atoms with Gasteiger partial charge in [-0.2, -0.15) is 0 Å². The van der Waals surface area contributed by atoms with E-state index < -0.39 is 0 Å². The van der Waals surface area contributed by atoms with Crippen LogP contribution in [0, 0.1) is 0 Å². The van der Waals surface area contributed by atoms with Gasteiger partial charge in [-0.15, -0.1) is 6.58 Å². The summed E-state index contributed by atoms with van der Waals surface area (Å²) in [4.78, 5) is 5.18. The van der Waals surface area contributed by atoms with Crippen molar-refractivity contribution in [3.8, 4) is 0 Å². The Labute approximate surface area is 93.1 Å². The third-order valence-corrected chi connectivity index (χ3v) is 3.46. The van der Waals surface area contributed by atoms with Crippen LogP contribution < -0.4 is 5.32 Å². The fourth-order valence-electron chi connectivity index (χ4n) is 2.35. The molecule has 0 aliphatic carbocycles. The molecule has 1 N–H and O–H groups in total. The van der Waals surface area contributed by atoms with Crippen LogP contribution in [0.25, 0.3) is 0 Å². The second-order valence-electron chi connectivity index (χ2n) is 4.91. The average Bonchev–Trinajstić information content (AvgIpc) is 2.16. The van der Waals surface area contributed by atoms with E-state index in [1.165, 1.54) is 51.4 Å². The van der Waals surface area contributed by atoms with Crippen molar-refractivity contribution in [2.24, 2.45) is 0 Å². The summed E-state index contributed by atoms with van der Waals surface area (Å²) >= 11 is 0. The smallest absolute Gasteiger partial charge is 0.0351 e. The van der Waals surface area contributed by atoms with E-state index in [1.807, 2.05) is 0 Å². The molecule has 2 rings (SSSR count). The molecular weight excluding hydrogens is 186 g/mol. The van der Waals surface area contributed by atoms with Crippen LogP contribution in [0.2, 0.25) is 0 Å². The number of nitrogens with one attached hydrogen (secondary N) is 1. The van der Waals surface area contributed by atoms with Crippen LogP contribution in [0.15, 0.2) is 12.2 Å². The molecule has 0 unspecified atom stereocenters. The number of nitrogens with zero attached hydrogens (tertiary/aromatic N) is 2. The summed E-state index contributed by atoms with van der Waals surface area (Å²) in [7, 11) is 0. The molecule has 2 aliphatic heterocycles. The van der Waals surface area contributed by atoms with E-state index in [1.54, 1.807) is 0 Å². The van der Waals surface area contributed by atoms with Crippen LogP contribution in [0.3, 0.4) is 0 Å². The highest BCUT2D eigenvalue weighted by molar-refractivity contribution is 4.94. The predicted molar refractivity (Wildman–Crippen MR) is 64.1 cm³/mol. The van der Waals surface area contributed by atoms with Crippen molar-refractivity contribution < 1.29 is 0 Å². The number of hydrogen-bond donors (Lipinski definition) is 1. The zero-order chi connectivity index (χ0) is 10.7. The molecule has 15 heavy (non-hydrogen) atoms. The first kappa shape index (κ1) is 11.1. The van der Waals surface area contributed by atoms with Gasteiger partial charge in [0, 0.05) is 51.9 Å². The molecule has 0 atom stereocenters. The lowest BCUT2D eigenvalue weighted by Crippen LogP contribution is -2.62. The molecule has 86 valence electrons. The Bertz CT molecular complexity index is 215. The molecule has 2 saturated heterocycles. The molecule has 2 aliphatic rings. The summed E-state index contributed by atoms with van der Waals surface area (Å²) in [6.07, 6.45) is 1.16. The van der Waals surface area contributed by atoms with Gasteiger partial charge in [-0.05, 0) is 13.3 Å². The SMILES string of the molecule is C=C(C)CCN1CC(N2CCNCC2)C1. The predicted octanol–water partition coefficient (Wildman–Crippen LogP) is 0.542. The fourth-order valence-corrected chi connectivity index (χ4v) is 2.35. The molecule has 0 aromatic heterocycles. The first-order valence-electron chi connectivity index (χ1n) is 6.07. The lowest BCUT2D eigenvalue weighted by atomic mass is 10.1. The van der Waals surface area contributed by atoms with Gasteiger partial charge in [-0.25, -0.2) is 0 Å². The molecule has 2 fully saturated rings. The van der Waals surface area contributed by atoms with Crippen LogP contribution >= 0.6 is 0 Å². The third kappa shape index (κ3) is 3.03. The molecule has 0 saturated carbocycles. The Morgan fingerprint density at radius 2 is 2.00 bits per heavy atom. The second kappa shape index (κ2) is 5.10. The lowest BCUT2D eigenvalue weighted by molar-refractivity contribution is 0.0282. The van der Waals surface area contributed by atoms with Crippen molar-refractivity contribution >= 4 is 0 Å². The summed E-state index contributed by atoms with van der Waals surface area (Å²) in [6.45, 7) is 14.6. The van der Waals surface area contributed by atoms with Crippen molar-refractivity contribution in [2.45, 2.75) is 19.4 Å². The molecule has 0 bridgehead atoms. The summed E-state index contributed by atoms with van der Waals surface area (Å²) in [5.74, 6) is 0. The van der Waals surface area contributed by atoms with Crippen molar-refractivity contribution in [1.29, 1.82) is 0 Å². The maximum atomic E-state index is 3.95. The minimum Gasteiger partial charge on any atom is -0.314 e. The molecule has 0 aromatic rings. The summed E-state index contributed by atoms with van der Waals surface area (Å²) < 4.78 is 0. The van der Waals surface area contributed by atoms with E-state index in [9.17, 15) is 0 Å². The first-order chi connectivity index (χ1) is 7.25. The third-order valence-electron chi connectivity index (χ3n) is 3.46. The topological polar surface area (TPSA) is 18.5 Å². The molecular formula is C12H23N3. The van der Waals surface area contributed by atoms with Crippen molar-refractivity contribution in [3.05, 3.63) is 12.2 Å². The molecule has 0 spiro atoms. The van der Waals surface area contributed by atoms with Crippen LogP contribution in [-0.2, 0) is 0 Å². The van der Waals surface area contributed by atoms with E-state index in [4.69, 9.17) is 0 Å². The zero-order valence-electron chi connectivity index (χ0n) is 9.84. The number of hydrogen-bond acceptors (Lipinski definition) is 3. The van der Waals surface area contributed by atoms with Crippen molar-refractivity contribution in [1.82, 2.24) is 15.1 Å². The first-order valence-corrected chi connectivity index (χ1v) is 6.07. The van der Waals surface area contributed by atoms with Gasteiger partial charge in [-0.1, -0.05) is 5.57 Å². The van der Waals surface area contributed by atoms with Crippen molar-refractivity contribution in [3.63, 3.8) is 0 Å². The summed E-state index contributed by atoms with van der Waals surface area (Å²) in [5, 5.41) is 3.40. The van der Waals surface area contributed by atoms with Crippen LogP contribution in [0.1, 0.15) is 13.3 Å². The van der Waals surface area contributed by atoms with E-state index >= 15 is 0 Å². The van der Waals surface area contributed by atoms with Gasteiger partial charge in [0.25, 0.3) is 0 Å². The van der Waals surface area contributed by atoms with E-state index in [-0.39, 0.29) is 0 Å². The van der Waals surface area contributed by atoms with Gasteiger partial charge in [0.05, 0.1) is 0 Å². The number of piperazine rings is 1. The van der Waals surface area contributed by atoms with Gasteiger partial charge in [-0.3, -0.25) is 9.80 Å². The monoisotopic (exact) mass is 209 g/mol. The quantitative estimate of drug-likeness (QED) is 0.682. The minimum atomic E-state index is 0.831. The Morgan fingerprint density at radius 3 is 2.60 bits per heavy atom. The minimum absolute atomic E-state index is 0.831. The molecule has 0 amide bonds. The van der Waals surface area contributed by atoms with Crippen LogP contribution in [-0.4, -0.2) is 61.7 Å². The molecule has 0 aromatic carbocycles. The Morgan fingerprint density at radius 1 is 1.33 bits per heavy atom. The highest BCUT2D eigenvalue weighted by Crippen LogP contribution is 2.16. The molecule has 3 nitrogen and oxygen atoms in total. The average molecular weight is 209 g/mol. The highest BCUT2D eigenvalue weighted by atomic mass is 15.3. The van der Waals surface area contributed by atoms with Gasteiger partial charge in [0.15, 0.2) is 0 Å². The van der Waals surface area contributed by atoms with Crippen molar-refractivity contribution in [2.75, 3.05) is 45.8 Å². The largest absolute Gasteiger partial charge is 0.314 e. The van der Waals surface area contributed by atoms with Gasteiger partial charge >= 0.3 is 0 Å². The Balaban J connectivity index is 1.62. The van der Waals surface area contributed by atoms with Gasteiger partial charge in [0.1, 0.15) is 0 Å². The highest BCUT2D eigenvalue weighted by Gasteiger charge is 2.31. The number of rotatable bonds is 4. The van der Waals surface area contributed by atoms with Gasteiger partial charge < -0.3 is 5.32 Å². The fraction of sp³-hybridized carbons (Fsp3) is 0.833. The molecule has 0 radical (unpaired) electrons. The molecule has 3 heteroatoms. The normalized spacial score (nSPS) is 25.1. The number of likely N-dealkylation sites (tertiary alicyclic amines) is 1. The molecule has 2 heterocycles. The van der Waals surface area contributed by atoms with Crippen LogP contribution in [0.4, 0.5) is 0 Å². The second-order valence-corrected chi connectivity index (χ2v) is 4.91. The van der Waals surface area contributed by atoms with E-state index in [2.05, 4.69) is 28.6 Å². The Hall–Kier alpha value is -0.380.